The summed E-state index contributed by atoms with van der Waals surface area (Å²) >= 11 is 0. The zero-order valence-corrected chi connectivity index (χ0v) is 12.2. The highest BCUT2D eigenvalue weighted by Crippen LogP contribution is 2.29. The molecule has 2 rings (SSSR count). The van der Waals surface area contributed by atoms with Gasteiger partial charge in [0, 0.05) is 25.4 Å². The van der Waals surface area contributed by atoms with Crippen molar-refractivity contribution in [1.82, 2.24) is 0 Å². The molecule has 1 atom stereocenters. The van der Waals surface area contributed by atoms with E-state index in [1.165, 1.54) is 19.1 Å². The van der Waals surface area contributed by atoms with Crippen molar-refractivity contribution in [2.75, 3.05) is 24.2 Å². The first-order valence-corrected chi connectivity index (χ1v) is 8.69. The molecule has 1 fully saturated rings. The first-order valence-electron chi connectivity index (χ1n) is 6.80. The summed E-state index contributed by atoms with van der Waals surface area (Å²) in [5.41, 5.74) is 6.68. The summed E-state index contributed by atoms with van der Waals surface area (Å²) < 4.78 is 23.8. The quantitative estimate of drug-likeness (QED) is 0.918. The number of nitrogens with zero attached hydrogens (tertiary/aromatic N) is 1. The standard InChI is InChI=1S/C14H22N2O2S/c1-19(17,18)14-9-5-4-8-13(14)16-10-6-2-3-7-12(16)11-15/h4-5,8-9,12H,2-3,6-7,10-11,15H2,1H3. The molecule has 19 heavy (non-hydrogen) atoms. The zero-order valence-electron chi connectivity index (χ0n) is 11.4. The highest BCUT2D eigenvalue weighted by atomic mass is 32.2. The van der Waals surface area contributed by atoms with E-state index in [0.29, 0.717) is 11.4 Å². The Kier molecular flexibility index (Phi) is 4.47. The van der Waals surface area contributed by atoms with Crippen LogP contribution < -0.4 is 10.6 Å². The summed E-state index contributed by atoms with van der Waals surface area (Å²) in [4.78, 5) is 2.60. The molecule has 4 nitrogen and oxygen atoms in total. The molecular formula is C14H22N2O2S. The van der Waals surface area contributed by atoms with Crippen molar-refractivity contribution in [3.63, 3.8) is 0 Å². The molecule has 0 bridgehead atoms. The summed E-state index contributed by atoms with van der Waals surface area (Å²) in [5, 5.41) is 0. The Hall–Kier alpha value is -1.07. The Morgan fingerprint density at radius 1 is 1.26 bits per heavy atom. The average molecular weight is 282 g/mol. The number of rotatable bonds is 3. The summed E-state index contributed by atoms with van der Waals surface area (Å²) in [6.07, 6.45) is 5.75. The average Bonchev–Trinajstić information content (AvgIpc) is 2.62. The van der Waals surface area contributed by atoms with Gasteiger partial charge < -0.3 is 10.6 Å². The highest BCUT2D eigenvalue weighted by molar-refractivity contribution is 7.90. The van der Waals surface area contributed by atoms with Crippen molar-refractivity contribution in [3.8, 4) is 0 Å². The van der Waals surface area contributed by atoms with Crippen molar-refractivity contribution in [2.24, 2.45) is 5.73 Å². The van der Waals surface area contributed by atoms with Crippen LogP contribution in [0.2, 0.25) is 0 Å². The van der Waals surface area contributed by atoms with E-state index in [4.69, 9.17) is 5.73 Å². The van der Waals surface area contributed by atoms with Crippen LogP contribution in [0.3, 0.4) is 0 Å². The zero-order chi connectivity index (χ0) is 13.9. The smallest absolute Gasteiger partial charge is 0.177 e. The predicted molar refractivity (Wildman–Crippen MR) is 78.2 cm³/mol. The minimum Gasteiger partial charge on any atom is -0.366 e. The van der Waals surface area contributed by atoms with Crippen LogP contribution in [0.15, 0.2) is 29.2 Å². The minimum absolute atomic E-state index is 0.241. The maximum atomic E-state index is 11.9. The van der Waals surface area contributed by atoms with E-state index in [1.54, 1.807) is 12.1 Å². The molecule has 0 amide bonds. The lowest BCUT2D eigenvalue weighted by Crippen LogP contribution is -2.40. The Labute approximate surface area is 115 Å². The van der Waals surface area contributed by atoms with E-state index in [1.807, 2.05) is 12.1 Å². The fourth-order valence-corrected chi connectivity index (χ4v) is 3.64. The van der Waals surface area contributed by atoms with Crippen LogP contribution in [0, 0.1) is 0 Å². The molecule has 2 N–H and O–H groups in total. The molecule has 1 aliphatic heterocycles. The van der Waals surface area contributed by atoms with E-state index in [-0.39, 0.29) is 6.04 Å². The van der Waals surface area contributed by atoms with E-state index in [2.05, 4.69) is 4.90 Å². The van der Waals surface area contributed by atoms with Gasteiger partial charge in [-0.3, -0.25) is 0 Å². The SMILES string of the molecule is CS(=O)(=O)c1ccccc1N1CCCCCC1CN. The lowest BCUT2D eigenvalue weighted by molar-refractivity contribution is 0.574. The molecule has 0 aromatic heterocycles. The molecule has 0 saturated carbocycles. The highest BCUT2D eigenvalue weighted by Gasteiger charge is 2.24. The molecule has 1 aliphatic rings. The number of anilines is 1. The van der Waals surface area contributed by atoms with Crippen LogP contribution in [0.1, 0.15) is 25.7 Å². The van der Waals surface area contributed by atoms with Crippen molar-refractivity contribution < 1.29 is 8.42 Å². The molecule has 106 valence electrons. The third kappa shape index (κ3) is 3.28. The minimum atomic E-state index is -3.21. The normalized spacial score (nSPS) is 21.2. The van der Waals surface area contributed by atoms with Crippen molar-refractivity contribution in [3.05, 3.63) is 24.3 Å². The number of para-hydroxylation sites is 1. The van der Waals surface area contributed by atoms with Gasteiger partial charge in [0.25, 0.3) is 0 Å². The molecule has 0 radical (unpaired) electrons. The monoisotopic (exact) mass is 282 g/mol. The van der Waals surface area contributed by atoms with Crippen LogP contribution in [-0.2, 0) is 9.84 Å². The lowest BCUT2D eigenvalue weighted by atomic mass is 10.1. The van der Waals surface area contributed by atoms with E-state index in [0.717, 1.165) is 25.1 Å². The van der Waals surface area contributed by atoms with Gasteiger partial charge in [0.05, 0.1) is 10.6 Å². The maximum Gasteiger partial charge on any atom is 0.177 e. The molecule has 0 spiro atoms. The van der Waals surface area contributed by atoms with Gasteiger partial charge in [-0.1, -0.05) is 25.0 Å². The van der Waals surface area contributed by atoms with Crippen molar-refractivity contribution in [1.29, 1.82) is 0 Å². The molecule has 1 aromatic carbocycles. The Bertz CT molecular complexity index is 528. The first kappa shape index (κ1) is 14.3. The van der Waals surface area contributed by atoms with E-state index >= 15 is 0 Å². The fourth-order valence-electron chi connectivity index (χ4n) is 2.75. The van der Waals surface area contributed by atoms with Gasteiger partial charge >= 0.3 is 0 Å². The topological polar surface area (TPSA) is 63.4 Å². The van der Waals surface area contributed by atoms with Gasteiger partial charge in [-0.15, -0.1) is 0 Å². The first-order chi connectivity index (χ1) is 9.04. The second-order valence-corrected chi connectivity index (χ2v) is 7.16. The Balaban J connectivity index is 2.44. The third-order valence-electron chi connectivity index (χ3n) is 3.72. The van der Waals surface area contributed by atoms with Crippen LogP contribution in [0.4, 0.5) is 5.69 Å². The molecule has 5 heteroatoms. The Morgan fingerprint density at radius 2 is 2.00 bits per heavy atom. The van der Waals surface area contributed by atoms with Crippen LogP contribution in [0.25, 0.3) is 0 Å². The van der Waals surface area contributed by atoms with Crippen molar-refractivity contribution >= 4 is 15.5 Å². The van der Waals surface area contributed by atoms with Gasteiger partial charge in [0.2, 0.25) is 0 Å². The van der Waals surface area contributed by atoms with Crippen LogP contribution >= 0.6 is 0 Å². The van der Waals surface area contributed by atoms with Gasteiger partial charge in [-0.2, -0.15) is 0 Å². The largest absolute Gasteiger partial charge is 0.366 e. The summed E-state index contributed by atoms with van der Waals surface area (Å²) in [6.45, 7) is 1.45. The van der Waals surface area contributed by atoms with Gasteiger partial charge in [-0.25, -0.2) is 8.42 Å². The van der Waals surface area contributed by atoms with Crippen LogP contribution in [-0.4, -0.2) is 33.8 Å². The number of sulfone groups is 1. The number of nitrogens with two attached hydrogens (primary N) is 1. The fraction of sp³-hybridized carbons (Fsp3) is 0.571. The van der Waals surface area contributed by atoms with Gasteiger partial charge in [-0.05, 0) is 25.0 Å². The summed E-state index contributed by atoms with van der Waals surface area (Å²) in [6, 6.07) is 7.48. The number of hydrogen-bond acceptors (Lipinski definition) is 4. The summed E-state index contributed by atoms with van der Waals surface area (Å²) in [7, 11) is -3.21. The van der Waals surface area contributed by atoms with Gasteiger partial charge in [0.15, 0.2) is 9.84 Å². The summed E-state index contributed by atoms with van der Waals surface area (Å²) in [5.74, 6) is 0. The molecule has 0 aliphatic carbocycles. The molecular weight excluding hydrogens is 260 g/mol. The van der Waals surface area contributed by atoms with Crippen LogP contribution in [0.5, 0.6) is 0 Å². The maximum absolute atomic E-state index is 11.9. The molecule has 1 saturated heterocycles. The Morgan fingerprint density at radius 3 is 2.68 bits per heavy atom. The van der Waals surface area contributed by atoms with E-state index in [9.17, 15) is 8.42 Å². The number of benzene rings is 1. The molecule has 1 heterocycles. The van der Waals surface area contributed by atoms with Crippen molar-refractivity contribution in [2.45, 2.75) is 36.6 Å². The van der Waals surface area contributed by atoms with Gasteiger partial charge in [0.1, 0.15) is 0 Å². The van der Waals surface area contributed by atoms with E-state index < -0.39 is 9.84 Å². The lowest BCUT2D eigenvalue weighted by Gasteiger charge is -2.32. The second kappa shape index (κ2) is 5.92. The molecule has 1 unspecified atom stereocenters. The predicted octanol–water partition coefficient (Wildman–Crippen LogP) is 1.80. The number of hydrogen-bond donors (Lipinski definition) is 1. The second-order valence-electron chi connectivity index (χ2n) is 5.17. The molecule has 1 aromatic rings. The third-order valence-corrected chi connectivity index (χ3v) is 4.87.